The highest BCUT2D eigenvalue weighted by Crippen LogP contribution is 2.48. The maximum Gasteiger partial charge on any atom is 0.209 e. The van der Waals surface area contributed by atoms with E-state index < -0.39 is 5.92 Å². The number of hydrogen-bond acceptors (Lipinski definition) is 3. The van der Waals surface area contributed by atoms with Gasteiger partial charge in [0.2, 0.25) is 5.69 Å². The summed E-state index contributed by atoms with van der Waals surface area (Å²) < 4.78 is 10.2. The minimum absolute atomic E-state index is 0.0731. The van der Waals surface area contributed by atoms with Crippen LogP contribution in [0.1, 0.15) is 68.6 Å². The number of benzene rings is 4. The Morgan fingerprint density at radius 2 is 1.54 bits per heavy atom. The summed E-state index contributed by atoms with van der Waals surface area (Å²) in [5.41, 5.74) is 9.15. The van der Waals surface area contributed by atoms with Gasteiger partial charge in [-0.1, -0.05) is 122 Å². The standard InChI is InChI=1S/C49H49N2O3/c1-33-25-27-36(28-26-33)46-44(38-21-10-12-23-41(38)51(46)37-19-6-5-7-20-37)45-47(52)39(48(45)53)32-43-49(3,30-15-14-18-35-16-8-9-17-35)40-22-11-13-24-42(40)50(43)31-29-34(2)54-4/h5-13,16-17,19-28,32,34-35,45H,14-15,18,29-31H2,1-4H3/q+1. The number of para-hydroxylation sites is 3. The minimum atomic E-state index is -0.882. The number of carbonyl (C=O) groups excluding carboxylic acids is 2. The van der Waals surface area contributed by atoms with Crippen LogP contribution < -0.4 is 0 Å². The molecule has 8 rings (SSSR count). The number of ketones is 2. The molecule has 5 heteroatoms. The van der Waals surface area contributed by atoms with Gasteiger partial charge in [-0.05, 0) is 63.3 Å². The van der Waals surface area contributed by atoms with E-state index in [-0.39, 0.29) is 23.1 Å². The second-order valence-electron chi connectivity index (χ2n) is 15.4. The monoisotopic (exact) mass is 713 g/mol. The Labute approximate surface area is 319 Å². The first-order chi connectivity index (χ1) is 26.3. The van der Waals surface area contributed by atoms with E-state index in [1.165, 1.54) is 5.56 Å². The summed E-state index contributed by atoms with van der Waals surface area (Å²) in [5.74, 6) is -0.598. The summed E-state index contributed by atoms with van der Waals surface area (Å²) in [6.45, 7) is 7.20. The smallest absolute Gasteiger partial charge is 0.209 e. The summed E-state index contributed by atoms with van der Waals surface area (Å²) in [6.07, 6.45) is 15.9. The molecule has 0 radical (unpaired) electrons. The number of aryl methyl sites for hydroxylation is 1. The Bertz CT molecular complexity index is 2330. The van der Waals surface area contributed by atoms with Crippen LogP contribution in [0.3, 0.4) is 0 Å². The molecule has 1 saturated carbocycles. The summed E-state index contributed by atoms with van der Waals surface area (Å²) in [7, 11) is 1.75. The fourth-order valence-electron chi connectivity index (χ4n) is 8.85. The van der Waals surface area contributed by atoms with E-state index in [2.05, 4.69) is 127 Å². The molecular formula is C49H49N2O3+. The van der Waals surface area contributed by atoms with Crippen LogP contribution in [0, 0.1) is 12.8 Å². The second-order valence-corrected chi connectivity index (χ2v) is 15.4. The van der Waals surface area contributed by atoms with Crippen LogP contribution in [-0.2, 0) is 19.7 Å². The largest absolute Gasteiger partial charge is 0.381 e. The number of ether oxygens (including phenoxy) is 1. The van der Waals surface area contributed by atoms with Crippen molar-refractivity contribution < 1.29 is 18.9 Å². The van der Waals surface area contributed by atoms with E-state index in [4.69, 9.17) is 4.74 Å². The van der Waals surface area contributed by atoms with Gasteiger partial charge in [0.1, 0.15) is 5.92 Å². The molecular weight excluding hydrogens is 665 g/mol. The number of carbonyl (C=O) groups is 2. The fourth-order valence-corrected chi connectivity index (χ4v) is 8.85. The maximum absolute atomic E-state index is 14.7. The van der Waals surface area contributed by atoms with Gasteiger partial charge < -0.3 is 9.30 Å². The normalized spacial score (nSPS) is 19.9. The molecule has 2 aliphatic carbocycles. The predicted molar refractivity (Wildman–Crippen MR) is 219 cm³/mol. The average molecular weight is 714 g/mol. The number of fused-ring (bicyclic) bond motifs is 2. The van der Waals surface area contributed by atoms with E-state index in [9.17, 15) is 9.59 Å². The molecule has 0 spiro atoms. The zero-order valence-corrected chi connectivity index (χ0v) is 31.8. The van der Waals surface area contributed by atoms with Gasteiger partial charge in [-0.3, -0.25) is 9.59 Å². The van der Waals surface area contributed by atoms with Gasteiger partial charge in [-0.15, -0.1) is 0 Å². The minimum Gasteiger partial charge on any atom is -0.381 e. The van der Waals surface area contributed by atoms with Crippen molar-refractivity contribution in [3.05, 3.63) is 156 Å². The lowest BCUT2D eigenvalue weighted by Crippen LogP contribution is -2.41. The number of allylic oxidation sites excluding steroid dienone is 6. The summed E-state index contributed by atoms with van der Waals surface area (Å²) in [5, 5.41) is 0.926. The average Bonchev–Trinajstić information content (AvgIpc) is 3.90. The van der Waals surface area contributed by atoms with Crippen molar-refractivity contribution in [3.8, 4) is 16.9 Å². The Morgan fingerprint density at radius 3 is 2.28 bits per heavy atom. The summed E-state index contributed by atoms with van der Waals surface area (Å²) in [4.78, 5) is 29.5. The molecule has 0 bridgehead atoms. The van der Waals surface area contributed by atoms with Crippen molar-refractivity contribution in [1.29, 1.82) is 0 Å². The number of rotatable bonds is 13. The van der Waals surface area contributed by atoms with E-state index >= 15 is 0 Å². The van der Waals surface area contributed by atoms with Crippen molar-refractivity contribution in [2.45, 2.75) is 70.3 Å². The fraction of sp³-hybridized carbons (Fsp3) is 0.286. The summed E-state index contributed by atoms with van der Waals surface area (Å²) in [6, 6.07) is 35.4. The number of nitrogens with zero attached hydrogens (tertiary/aromatic N) is 2. The first kappa shape index (κ1) is 35.6. The number of aromatic nitrogens is 1. The van der Waals surface area contributed by atoms with Crippen molar-refractivity contribution >= 4 is 33.9 Å². The van der Waals surface area contributed by atoms with Crippen LogP contribution >= 0.6 is 0 Å². The SMILES string of the molecule is COC(C)CC[N+]1=C(C=C2C(=O)C(c3c(-c4ccc(C)cc4)n(-c4ccccc4)c4ccccc34)C2=O)C(C)(CCCCC2C=CC=C2)c2ccccc21. The lowest BCUT2D eigenvalue weighted by Gasteiger charge is -2.29. The van der Waals surface area contributed by atoms with Gasteiger partial charge in [-0.25, -0.2) is 0 Å². The van der Waals surface area contributed by atoms with Crippen molar-refractivity contribution in [1.82, 2.24) is 4.57 Å². The van der Waals surface area contributed by atoms with E-state index in [0.717, 1.165) is 89.0 Å². The van der Waals surface area contributed by atoms with Crippen LogP contribution in [0.25, 0.3) is 27.8 Å². The number of unbranched alkanes of at least 4 members (excludes halogenated alkanes) is 1. The van der Waals surface area contributed by atoms with Crippen LogP contribution in [0.15, 0.2) is 139 Å². The Hall–Kier alpha value is -5.39. The quantitative estimate of drug-likeness (QED) is 0.0401. The molecule has 0 amide bonds. The Balaban J connectivity index is 1.22. The third-order valence-corrected chi connectivity index (χ3v) is 12.0. The van der Waals surface area contributed by atoms with Crippen LogP contribution in [0.5, 0.6) is 0 Å². The molecule has 3 aliphatic rings. The highest BCUT2D eigenvalue weighted by Gasteiger charge is 2.52. The van der Waals surface area contributed by atoms with Gasteiger partial charge in [0, 0.05) is 47.9 Å². The van der Waals surface area contributed by atoms with Crippen LogP contribution in [-0.4, -0.2) is 46.2 Å². The Morgan fingerprint density at radius 1 is 0.852 bits per heavy atom. The molecule has 5 aromatic rings. The molecule has 2 unspecified atom stereocenters. The lowest BCUT2D eigenvalue weighted by atomic mass is 9.69. The summed E-state index contributed by atoms with van der Waals surface area (Å²) >= 11 is 0. The van der Waals surface area contributed by atoms with Crippen LogP contribution in [0.4, 0.5) is 5.69 Å². The van der Waals surface area contributed by atoms with E-state index in [1.54, 1.807) is 7.11 Å². The van der Waals surface area contributed by atoms with E-state index in [0.29, 0.717) is 11.5 Å². The predicted octanol–water partition coefficient (Wildman–Crippen LogP) is 10.6. The van der Waals surface area contributed by atoms with Gasteiger partial charge in [-0.2, -0.15) is 4.58 Å². The molecule has 54 heavy (non-hydrogen) atoms. The number of methoxy groups -OCH3 is 1. The molecule has 272 valence electrons. The number of Topliss-reactive ketones (excluding diaryl/α,β-unsaturated/α-hetero) is 2. The molecule has 1 aromatic heterocycles. The van der Waals surface area contributed by atoms with Crippen molar-refractivity contribution in [3.63, 3.8) is 0 Å². The third kappa shape index (κ3) is 6.24. The molecule has 2 atom stereocenters. The molecule has 2 heterocycles. The molecule has 0 saturated heterocycles. The molecule has 1 fully saturated rings. The zero-order valence-electron chi connectivity index (χ0n) is 31.8. The van der Waals surface area contributed by atoms with Gasteiger partial charge in [0.15, 0.2) is 23.8 Å². The topological polar surface area (TPSA) is 51.3 Å². The zero-order chi connectivity index (χ0) is 37.4. The third-order valence-electron chi connectivity index (χ3n) is 12.0. The highest BCUT2D eigenvalue weighted by molar-refractivity contribution is 6.44. The second kappa shape index (κ2) is 14.8. The Kier molecular flexibility index (Phi) is 9.76. The van der Waals surface area contributed by atoms with Crippen molar-refractivity contribution in [2.75, 3.05) is 13.7 Å². The van der Waals surface area contributed by atoms with Gasteiger partial charge in [0.05, 0.1) is 28.3 Å². The molecule has 0 N–H and O–H groups in total. The molecule has 5 nitrogen and oxygen atoms in total. The number of hydrogen-bond donors (Lipinski definition) is 0. The lowest BCUT2D eigenvalue weighted by molar-refractivity contribution is -0.440. The highest BCUT2D eigenvalue weighted by atomic mass is 16.5. The maximum atomic E-state index is 14.7. The van der Waals surface area contributed by atoms with Crippen LogP contribution in [0.2, 0.25) is 0 Å². The first-order valence-corrected chi connectivity index (χ1v) is 19.5. The van der Waals surface area contributed by atoms with E-state index in [1.807, 2.05) is 36.4 Å². The first-order valence-electron chi connectivity index (χ1n) is 19.5. The molecule has 1 aliphatic heterocycles. The molecule has 4 aromatic carbocycles. The van der Waals surface area contributed by atoms with Gasteiger partial charge in [0.25, 0.3) is 0 Å². The van der Waals surface area contributed by atoms with Crippen molar-refractivity contribution in [2.24, 2.45) is 5.92 Å². The van der Waals surface area contributed by atoms with Gasteiger partial charge >= 0.3 is 0 Å².